The molecule has 1 aliphatic rings. The van der Waals surface area contributed by atoms with Crippen molar-refractivity contribution in [3.05, 3.63) is 39.5 Å². The average molecular weight is 345 g/mol. The first-order chi connectivity index (χ1) is 11.2. The molecule has 0 saturated heterocycles. The normalized spacial score (nSPS) is 17.0. The second kappa shape index (κ2) is 5.86. The van der Waals surface area contributed by atoms with Crippen molar-refractivity contribution >= 4 is 28.6 Å². The molecule has 1 aliphatic heterocycles. The predicted molar refractivity (Wildman–Crippen MR) is 89.8 cm³/mol. The molecule has 0 fully saturated rings. The number of aryl methyl sites for hydroxylation is 2. The predicted octanol–water partition coefficient (Wildman–Crippen LogP) is 2.52. The summed E-state index contributed by atoms with van der Waals surface area (Å²) in [6.07, 6.45) is 1.72. The van der Waals surface area contributed by atoms with E-state index in [9.17, 15) is 4.79 Å². The highest BCUT2D eigenvalue weighted by atomic mass is 32.1. The topological polar surface area (TPSA) is 72.7 Å². The Morgan fingerprint density at radius 3 is 3.13 bits per heavy atom. The lowest BCUT2D eigenvalue weighted by Gasteiger charge is -2.24. The van der Waals surface area contributed by atoms with Gasteiger partial charge in [-0.3, -0.25) is 4.79 Å². The molecule has 4 rings (SSSR count). The highest BCUT2D eigenvalue weighted by Crippen LogP contribution is 2.25. The molecule has 0 spiro atoms. The van der Waals surface area contributed by atoms with E-state index in [-0.39, 0.29) is 11.9 Å². The van der Waals surface area contributed by atoms with Crippen LogP contribution >= 0.6 is 22.7 Å². The van der Waals surface area contributed by atoms with Gasteiger partial charge in [0.25, 0.3) is 5.91 Å². The summed E-state index contributed by atoms with van der Waals surface area (Å²) in [6, 6.07) is 2.11. The first-order valence-electron chi connectivity index (χ1n) is 7.38. The van der Waals surface area contributed by atoms with Gasteiger partial charge < -0.3 is 9.88 Å². The maximum absolute atomic E-state index is 12.4. The fraction of sp³-hybridized carbons (Fsp3) is 0.333. The van der Waals surface area contributed by atoms with Crippen molar-refractivity contribution in [2.24, 2.45) is 0 Å². The molecule has 0 saturated carbocycles. The Morgan fingerprint density at radius 2 is 2.30 bits per heavy atom. The molecule has 1 atom stereocenters. The first-order valence-corrected chi connectivity index (χ1v) is 9.20. The molecule has 1 unspecified atom stereocenters. The van der Waals surface area contributed by atoms with Crippen molar-refractivity contribution in [2.45, 2.75) is 32.4 Å². The van der Waals surface area contributed by atoms with Crippen molar-refractivity contribution in [3.63, 3.8) is 0 Å². The number of amides is 1. The quantitative estimate of drug-likeness (QED) is 0.792. The Bertz CT molecular complexity index is 836. The minimum Gasteiger partial charge on any atom is -0.346 e. The maximum Gasteiger partial charge on any atom is 0.271 e. The van der Waals surface area contributed by atoms with Crippen LogP contribution in [0.4, 0.5) is 0 Å². The minimum absolute atomic E-state index is 0.0935. The fourth-order valence-electron chi connectivity index (χ4n) is 2.74. The van der Waals surface area contributed by atoms with Gasteiger partial charge in [-0.25, -0.2) is 4.98 Å². The number of thiophene rings is 1. The molecule has 118 valence electrons. The number of nitrogens with one attached hydrogen (secondary N) is 1. The van der Waals surface area contributed by atoms with Crippen LogP contribution in [-0.2, 0) is 13.0 Å². The molecule has 6 nitrogen and oxygen atoms in total. The third kappa shape index (κ3) is 2.79. The number of carbonyl (C=O) groups excluding carboxylic acids is 1. The third-order valence-electron chi connectivity index (χ3n) is 3.97. The molecule has 3 aromatic heterocycles. The third-order valence-corrected chi connectivity index (χ3v) is 5.55. The Kier molecular flexibility index (Phi) is 3.70. The van der Waals surface area contributed by atoms with Crippen LogP contribution in [0.1, 0.15) is 28.6 Å². The summed E-state index contributed by atoms with van der Waals surface area (Å²) >= 11 is 3.13. The molecule has 0 aromatic carbocycles. The Hall–Kier alpha value is -2.06. The summed E-state index contributed by atoms with van der Waals surface area (Å²) in [7, 11) is 0. The van der Waals surface area contributed by atoms with Crippen LogP contribution in [0, 0.1) is 6.92 Å². The van der Waals surface area contributed by atoms with E-state index in [1.807, 2.05) is 29.1 Å². The molecule has 3 aromatic rings. The summed E-state index contributed by atoms with van der Waals surface area (Å²) in [6.45, 7) is 2.66. The summed E-state index contributed by atoms with van der Waals surface area (Å²) in [5.74, 6) is 1.79. The van der Waals surface area contributed by atoms with Crippen molar-refractivity contribution in [2.75, 3.05) is 0 Å². The Labute approximate surface area is 141 Å². The SMILES string of the molecule is Cc1nnc2n1CC(NC(=O)c1csc(-c3ccsc3)n1)CC2. The van der Waals surface area contributed by atoms with Crippen LogP contribution in [0.5, 0.6) is 0 Å². The molecule has 0 aliphatic carbocycles. The zero-order valence-electron chi connectivity index (χ0n) is 12.5. The zero-order valence-corrected chi connectivity index (χ0v) is 14.2. The van der Waals surface area contributed by atoms with Crippen molar-refractivity contribution < 1.29 is 4.79 Å². The van der Waals surface area contributed by atoms with Crippen molar-refractivity contribution in [1.82, 2.24) is 25.1 Å². The van der Waals surface area contributed by atoms with Gasteiger partial charge in [0, 0.05) is 35.3 Å². The molecule has 0 radical (unpaired) electrons. The Morgan fingerprint density at radius 1 is 1.39 bits per heavy atom. The Balaban J connectivity index is 1.46. The van der Waals surface area contributed by atoms with E-state index in [0.717, 1.165) is 41.6 Å². The van der Waals surface area contributed by atoms with Crippen molar-refractivity contribution in [1.29, 1.82) is 0 Å². The van der Waals surface area contributed by atoms with E-state index in [1.54, 1.807) is 11.3 Å². The van der Waals surface area contributed by atoms with Crippen LogP contribution in [0.15, 0.2) is 22.2 Å². The van der Waals surface area contributed by atoms with Crippen molar-refractivity contribution in [3.8, 4) is 10.6 Å². The summed E-state index contributed by atoms with van der Waals surface area (Å²) in [5, 5.41) is 18.1. The number of thiazole rings is 1. The lowest BCUT2D eigenvalue weighted by atomic mass is 10.1. The largest absolute Gasteiger partial charge is 0.346 e. The lowest BCUT2D eigenvalue weighted by Crippen LogP contribution is -2.41. The molecule has 23 heavy (non-hydrogen) atoms. The lowest BCUT2D eigenvalue weighted by molar-refractivity contribution is 0.0923. The van der Waals surface area contributed by atoms with E-state index >= 15 is 0 Å². The fourth-order valence-corrected chi connectivity index (χ4v) is 4.25. The number of hydrogen-bond donors (Lipinski definition) is 1. The summed E-state index contributed by atoms with van der Waals surface area (Å²) < 4.78 is 2.08. The number of fused-ring (bicyclic) bond motifs is 1. The smallest absolute Gasteiger partial charge is 0.271 e. The molecule has 4 heterocycles. The van der Waals surface area contributed by atoms with Gasteiger partial charge in [-0.1, -0.05) is 0 Å². The highest BCUT2D eigenvalue weighted by Gasteiger charge is 2.24. The number of nitrogens with zero attached hydrogens (tertiary/aromatic N) is 4. The van der Waals surface area contributed by atoms with Gasteiger partial charge in [-0.05, 0) is 24.8 Å². The molecule has 1 N–H and O–H groups in total. The van der Waals surface area contributed by atoms with Crippen LogP contribution in [0.2, 0.25) is 0 Å². The van der Waals surface area contributed by atoms with Gasteiger partial charge in [0.05, 0.1) is 0 Å². The van der Waals surface area contributed by atoms with Gasteiger partial charge in [-0.2, -0.15) is 11.3 Å². The van der Waals surface area contributed by atoms with Gasteiger partial charge >= 0.3 is 0 Å². The molecule has 0 bridgehead atoms. The second-order valence-corrected chi connectivity index (χ2v) is 7.17. The first kappa shape index (κ1) is 14.5. The van der Waals surface area contributed by atoms with Gasteiger partial charge in [0.15, 0.2) is 0 Å². The molecule has 8 heteroatoms. The monoisotopic (exact) mass is 345 g/mol. The van der Waals surface area contributed by atoms with Gasteiger partial charge in [-0.15, -0.1) is 21.5 Å². The maximum atomic E-state index is 12.4. The molecular formula is C15H15N5OS2. The highest BCUT2D eigenvalue weighted by molar-refractivity contribution is 7.14. The second-order valence-electron chi connectivity index (χ2n) is 5.53. The molecular weight excluding hydrogens is 330 g/mol. The van der Waals surface area contributed by atoms with Gasteiger partial charge in [0.1, 0.15) is 22.4 Å². The number of rotatable bonds is 3. The average Bonchev–Trinajstić information content (AvgIpc) is 3.27. The van der Waals surface area contributed by atoms with Crippen LogP contribution in [-0.4, -0.2) is 31.7 Å². The van der Waals surface area contributed by atoms with E-state index in [4.69, 9.17) is 0 Å². The summed E-state index contributed by atoms with van der Waals surface area (Å²) in [4.78, 5) is 16.9. The zero-order chi connectivity index (χ0) is 15.8. The van der Waals surface area contributed by atoms with Crippen LogP contribution < -0.4 is 5.32 Å². The van der Waals surface area contributed by atoms with E-state index in [1.165, 1.54) is 11.3 Å². The standard InChI is InChI=1S/C15H15N5OS2/c1-9-18-19-13-3-2-11(6-20(9)13)16-14(21)12-8-23-15(17-12)10-4-5-22-7-10/h4-5,7-8,11H,2-3,6H2,1H3,(H,16,21). The summed E-state index contributed by atoms with van der Waals surface area (Å²) in [5.41, 5.74) is 1.56. The minimum atomic E-state index is -0.109. The number of aromatic nitrogens is 4. The molecule has 1 amide bonds. The van der Waals surface area contributed by atoms with E-state index in [0.29, 0.717) is 5.69 Å². The van der Waals surface area contributed by atoms with Crippen LogP contribution in [0.25, 0.3) is 10.6 Å². The number of hydrogen-bond acceptors (Lipinski definition) is 6. The van der Waals surface area contributed by atoms with E-state index < -0.39 is 0 Å². The van der Waals surface area contributed by atoms with Gasteiger partial charge in [0.2, 0.25) is 0 Å². The van der Waals surface area contributed by atoms with E-state index in [2.05, 4.69) is 25.1 Å². The number of carbonyl (C=O) groups is 1. The van der Waals surface area contributed by atoms with Crippen LogP contribution in [0.3, 0.4) is 0 Å².